The monoisotopic (exact) mass is 460 g/mol. The van der Waals surface area contributed by atoms with Crippen LogP contribution in [0.5, 0.6) is 0 Å². The van der Waals surface area contributed by atoms with Crippen molar-refractivity contribution in [2.24, 2.45) is 11.3 Å². The Hall–Kier alpha value is -2.06. The van der Waals surface area contributed by atoms with Gasteiger partial charge in [-0.3, -0.25) is 0 Å². The first-order valence-corrected chi connectivity index (χ1v) is 13.2. The molecule has 2 heteroatoms. The smallest absolute Gasteiger partial charge is 0.109 e. The van der Waals surface area contributed by atoms with Gasteiger partial charge in [0.1, 0.15) is 12.4 Å². The molecule has 4 aliphatic rings. The van der Waals surface area contributed by atoms with Crippen LogP contribution < -0.4 is 0 Å². The molecular weight excluding hydrogens is 416 g/mol. The number of rotatable bonds is 5. The largest absolute Gasteiger partial charge is 0.493 e. The summed E-state index contributed by atoms with van der Waals surface area (Å²) in [6, 6.07) is 0. The maximum atomic E-state index is 6.30. The molecule has 1 atom stereocenters. The van der Waals surface area contributed by atoms with Crippen molar-refractivity contribution in [1.29, 1.82) is 0 Å². The first-order chi connectivity index (χ1) is 16.1. The number of hydrogen-bond donors (Lipinski definition) is 0. The van der Waals surface area contributed by atoms with Gasteiger partial charge in [0.25, 0.3) is 0 Å². The summed E-state index contributed by atoms with van der Waals surface area (Å²) >= 11 is 0. The summed E-state index contributed by atoms with van der Waals surface area (Å²) in [5.41, 5.74) is 12.7. The number of hydrogen-bond acceptors (Lipinski definition) is 2. The lowest BCUT2D eigenvalue weighted by Crippen LogP contribution is -2.34. The van der Waals surface area contributed by atoms with E-state index in [0.717, 1.165) is 25.0 Å². The summed E-state index contributed by atoms with van der Waals surface area (Å²) < 4.78 is 12.4. The average Bonchev–Trinajstić information content (AvgIpc) is 2.96. The quantitative estimate of drug-likeness (QED) is 0.382. The molecule has 3 aliphatic carbocycles. The Kier molecular flexibility index (Phi) is 7.29. The number of ether oxygens (including phenoxy) is 2. The van der Waals surface area contributed by atoms with Crippen LogP contribution in [0.4, 0.5) is 0 Å². The maximum absolute atomic E-state index is 6.30. The molecular formula is C32H44O2. The third-order valence-electron chi connectivity index (χ3n) is 9.01. The Morgan fingerprint density at radius 1 is 1.15 bits per heavy atom. The highest BCUT2D eigenvalue weighted by atomic mass is 16.5. The van der Waals surface area contributed by atoms with Crippen molar-refractivity contribution in [3.8, 4) is 0 Å². The molecule has 0 bridgehead atoms. The molecule has 1 unspecified atom stereocenters. The third-order valence-corrected chi connectivity index (χ3v) is 9.01. The van der Waals surface area contributed by atoms with Crippen LogP contribution in [0, 0.1) is 11.3 Å². The fourth-order valence-corrected chi connectivity index (χ4v) is 6.36. The number of allylic oxidation sites excluding steroid dienone is 10. The van der Waals surface area contributed by atoms with Crippen molar-refractivity contribution in [2.45, 2.75) is 92.6 Å². The minimum Gasteiger partial charge on any atom is -0.493 e. The zero-order chi connectivity index (χ0) is 24.6. The van der Waals surface area contributed by atoms with E-state index in [1.165, 1.54) is 70.3 Å². The van der Waals surface area contributed by atoms with Gasteiger partial charge < -0.3 is 9.47 Å². The Morgan fingerprint density at radius 2 is 1.85 bits per heavy atom. The van der Waals surface area contributed by atoms with Gasteiger partial charge in [-0.05, 0) is 125 Å². The van der Waals surface area contributed by atoms with E-state index in [9.17, 15) is 0 Å². The molecule has 0 N–H and O–H groups in total. The van der Waals surface area contributed by atoms with E-state index < -0.39 is 0 Å². The highest BCUT2D eigenvalue weighted by Gasteiger charge is 2.37. The van der Waals surface area contributed by atoms with E-state index in [2.05, 4.69) is 66.3 Å². The van der Waals surface area contributed by atoms with Crippen molar-refractivity contribution in [2.75, 3.05) is 13.7 Å². The lowest BCUT2D eigenvalue weighted by Gasteiger charge is -2.41. The molecule has 0 aromatic carbocycles. The first-order valence-electron chi connectivity index (χ1n) is 13.2. The molecule has 0 spiro atoms. The molecule has 0 amide bonds. The summed E-state index contributed by atoms with van der Waals surface area (Å²) in [5, 5.41) is 0. The Bertz CT molecular complexity index is 1040. The molecule has 4 rings (SSSR count). The zero-order valence-electron chi connectivity index (χ0n) is 22.6. The van der Waals surface area contributed by atoms with E-state index >= 15 is 0 Å². The average molecular weight is 461 g/mol. The Morgan fingerprint density at radius 3 is 2.50 bits per heavy atom. The van der Waals surface area contributed by atoms with Crippen molar-refractivity contribution in [1.82, 2.24) is 0 Å². The predicted octanol–water partition coefficient (Wildman–Crippen LogP) is 8.71. The SMILES string of the molecule is C=C(C)C1(C)CCC(C(OC)C2=CCCC3=C2C=C(C2=C(C)OCC(C)=C2C)C=C(C)C3)CC1. The summed E-state index contributed by atoms with van der Waals surface area (Å²) in [7, 11) is 1.91. The molecule has 0 radical (unpaired) electrons. The van der Waals surface area contributed by atoms with Gasteiger partial charge in [-0.25, -0.2) is 0 Å². The molecule has 2 nitrogen and oxygen atoms in total. The van der Waals surface area contributed by atoms with Crippen molar-refractivity contribution < 1.29 is 9.47 Å². The van der Waals surface area contributed by atoms with Crippen LogP contribution in [0.3, 0.4) is 0 Å². The van der Waals surface area contributed by atoms with E-state index in [1.54, 1.807) is 5.57 Å². The normalized spacial score (nSPS) is 29.0. The summed E-state index contributed by atoms with van der Waals surface area (Å²) in [6.45, 7) is 18.4. The van der Waals surface area contributed by atoms with Crippen LogP contribution in [0.1, 0.15) is 86.5 Å². The first kappa shape index (κ1) is 25.0. The molecule has 0 aromatic heterocycles. The Balaban J connectivity index is 1.70. The minimum atomic E-state index is 0.159. The third kappa shape index (κ3) is 4.71. The second-order valence-corrected chi connectivity index (χ2v) is 11.4. The highest BCUT2D eigenvalue weighted by molar-refractivity contribution is 5.62. The van der Waals surface area contributed by atoms with Crippen LogP contribution in [0.2, 0.25) is 0 Å². The van der Waals surface area contributed by atoms with Gasteiger partial charge in [-0.1, -0.05) is 42.4 Å². The van der Waals surface area contributed by atoms with Gasteiger partial charge in [0.2, 0.25) is 0 Å². The molecule has 34 heavy (non-hydrogen) atoms. The minimum absolute atomic E-state index is 0.159. The lowest BCUT2D eigenvalue weighted by molar-refractivity contribution is 0.0471. The van der Waals surface area contributed by atoms with Gasteiger partial charge >= 0.3 is 0 Å². The maximum Gasteiger partial charge on any atom is 0.109 e. The topological polar surface area (TPSA) is 18.5 Å². The van der Waals surface area contributed by atoms with Crippen LogP contribution in [0.15, 0.2) is 80.7 Å². The van der Waals surface area contributed by atoms with Gasteiger partial charge in [-0.15, -0.1) is 0 Å². The lowest BCUT2D eigenvalue weighted by atomic mass is 9.66. The van der Waals surface area contributed by atoms with Crippen LogP contribution in [0.25, 0.3) is 0 Å². The van der Waals surface area contributed by atoms with Gasteiger partial charge in [0.15, 0.2) is 0 Å². The summed E-state index contributed by atoms with van der Waals surface area (Å²) in [5.74, 6) is 1.60. The fourth-order valence-electron chi connectivity index (χ4n) is 6.36. The number of methoxy groups -OCH3 is 1. The van der Waals surface area contributed by atoms with Crippen LogP contribution in [-0.4, -0.2) is 19.8 Å². The molecule has 1 aliphatic heterocycles. The van der Waals surface area contributed by atoms with E-state index in [0.29, 0.717) is 12.5 Å². The van der Waals surface area contributed by atoms with Crippen molar-refractivity contribution >= 4 is 0 Å². The van der Waals surface area contributed by atoms with Crippen molar-refractivity contribution in [3.63, 3.8) is 0 Å². The van der Waals surface area contributed by atoms with E-state index in [4.69, 9.17) is 9.47 Å². The molecule has 1 saturated carbocycles. The predicted molar refractivity (Wildman–Crippen MR) is 144 cm³/mol. The van der Waals surface area contributed by atoms with Gasteiger partial charge in [-0.2, -0.15) is 0 Å². The summed E-state index contributed by atoms with van der Waals surface area (Å²) in [4.78, 5) is 0. The molecule has 1 fully saturated rings. The Labute approximate surface area is 207 Å². The second-order valence-electron chi connectivity index (χ2n) is 11.4. The summed E-state index contributed by atoms with van der Waals surface area (Å²) in [6.07, 6.45) is 15.6. The standard InChI is InChI=1S/C32H44O2/c1-20(2)32(7)14-12-25(13-15-32)31(33-8)28-11-9-10-26-16-21(3)17-27(18-29(26)28)30-23(5)22(4)19-34-24(30)6/h11,17-18,25,31H,1,9-10,12-16,19H2,2-8H3. The highest BCUT2D eigenvalue weighted by Crippen LogP contribution is 2.47. The van der Waals surface area contributed by atoms with Crippen molar-refractivity contribution in [3.05, 3.63) is 80.7 Å². The molecule has 184 valence electrons. The van der Waals surface area contributed by atoms with Gasteiger partial charge in [0.05, 0.1) is 6.10 Å². The second kappa shape index (κ2) is 9.90. The van der Waals surface area contributed by atoms with E-state index in [1.807, 2.05) is 7.11 Å². The van der Waals surface area contributed by atoms with Gasteiger partial charge in [0, 0.05) is 12.7 Å². The van der Waals surface area contributed by atoms with Crippen LogP contribution >= 0.6 is 0 Å². The fraction of sp³-hybridized carbons (Fsp3) is 0.562. The molecule has 0 aromatic rings. The molecule has 0 saturated heterocycles. The molecule has 1 heterocycles. The zero-order valence-corrected chi connectivity index (χ0v) is 22.6. The van der Waals surface area contributed by atoms with E-state index in [-0.39, 0.29) is 11.5 Å². The van der Waals surface area contributed by atoms with Crippen LogP contribution in [-0.2, 0) is 9.47 Å².